The molecule has 0 radical (unpaired) electrons. The predicted octanol–water partition coefficient (Wildman–Crippen LogP) is 2.10. The van der Waals surface area contributed by atoms with E-state index in [2.05, 4.69) is 6.92 Å². The first-order valence-corrected chi connectivity index (χ1v) is 7.96. The fourth-order valence-electron chi connectivity index (χ4n) is 2.56. The van der Waals surface area contributed by atoms with E-state index in [9.17, 15) is 4.79 Å². The minimum atomic E-state index is -0.315. The Labute approximate surface area is 109 Å². The van der Waals surface area contributed by atoms with Crippen LogP contribution in [0.25, 0.3) is 0 Å². The van der Waals surface area contributed by atoms with E-state index in [4.69, 9.17) is 5.73 Å². The third-order valence-electron chi connectivity index (χ3n) is 3.75. The highest BCUT2D eigenvalue weighted by Gasteiger charge is 2.27. The van der Waals surface area contributed by atoms with Gasteiger partial charge in [-0.2, -0.15) is 11.8 Å². The zero-order valence-corrected chi connectivity index (χ0v) is 12.1. The molecular weight excluding hydrogens is 232 g/mol. The number of nitrogens with two attached hydrogens (primary N) is 1. The molecule has 4 heteroatoms. The van der Waals surface area contributed by atoms with Gasteiger partial charge in [0.25, 0.3) is 0 Å². The molecule has 0 aromatic carbocycles. The molecule has 0 bridgehead atoms. The Morgan fingerprint density at radius 2 is 2.24 bits per heavy atom. The maximum absolute atomic E-state index is 12.1. The Kier molecular flexibility index (Phi) is 6.34. The van der Waals surface area contributed by atoms with E-state index < -0.39 is 0 Å². The summed E-state index contributed by atoms with van der Waals surface area (Å²) in [6, 6.07) is 0.0938. The van der Waals surface area contributed by atoms with E-state index in [1.165, 1.54) is 12.8 Å². The number of rotatable bonds is 5. The van der Waals surface area contributed by atoms with Gasteiger partial charge in [0.2, 0.25) is 5.91 Å². The van der Waals surface area contributed by atoms with Gasteiger partial charge in [-0.15, -0.1) is 0 Å². The van der Waals surface area contributed by atoms with Crippen LogP contribution in [0.4, 0.5) is 0 Å². The molecule has 0 aromatic rings. The summed E-state index contributed by atoms with van der Waals surface area (Å²) in [5, 5.41) is 0. The molecule has 0 heterocycles. The lowest BCUT2D eigenvalue weighted by atomic mass is 9.86. The Morgan fingerprint density at radius 3 is 2.82 bits per heavy atom. The second-order valence-electron chi connectivity index (χ2n) is 5.26. The van der Waals surface area contributed by atoms with E-state index in [1.807, 2.05) is 18.2 Å². The molecule has 1 fully saturated rings. The van der Waals surface area contributed by atoms with Crippen molar-refractivity contribution >= 4 is 17.7 Å². The number of nitrogens with zero attached hydrogens (tertiary/aromatic N) is 1. The molecule has 1 amide bonds. The number of likely N-dealkylation sites (N-methyl/N-ethyl adjacent to an activating group) is 1. The molecule has 0 aliphatic heterocycles. The molecule has 17 heavy (non-hydrogen) atoms. The number of amides is 1. The second kappa shape index (κ2) is 7.27. The quantitative estimate of drug-likeness (QED) is 0.821. The zero-order valence-electron chi connectivity index (χ0n) is 11.3. The molecule has 0 saturated heterocycles. The van der Waals surface area contributed by atoms with Crippen molar-refractivity contribution in [3.8, 4) is 0 Å². The van der Waals surface area contributed by atoms with Crippen molar-refractivity contribution in [3.05, 3.63) is 0 Å². The van der Waals surface area contributed by atoms with Gasteiger partial charge in [0.05, 0.1) is 6.04 Å². The minimum absolute atomic E-state index is 0.123. The van der Waals surface area contributed by atoms with Crippen molar-refractivity contribution in [2.24, 2.45) is 11.7 Å². The molecule has 2 N–H and O–H groups in total. The van der Waals surface area contributed by atoms with Crippen LogP contribution < -0.4 is 5.73 Å². The van der Waals surface area contributed by atoms with Crippen molar-refractivity contribution in [2.75, 3.05) is 19.1 Å². The van der Waals surface area contributed by atoms with E-state index >= 15 is 0 Å². The van der Waals surface area contributed by atoms with Gasteiger partial charge >= 0.3 is 0 Å². The molecule has 1 rings (SSSR count). The van der Waals surface area contributed by atoms with E-state index in [0.717, 1.165) is 30.9 Å². The maximum Gasteiger partial charge on any atom is 0.239 e. The predicted molar refractivity (Wildman–Crippen MR) is 75.2 cm³/mol. The van der Waals surface area contributed by atoms with Crippen LogP contribution in [-0.4, -0.2) is 41.9 Å². The third-order valence-corrected chi connectivity index (χ3v) is 4.40. The summed E-state index contributed by atoms with van der Waals surface area (Å²) in [7, 11) is 1.92. The van der Waals surface area contributed by atoms with Crippen LogP contribution in [0.5, 0.6) is 0 Å². The Bertz CT molecular complexity index is 248. The summed E-state index contributed by atoms with van der Waals surface area (Å²) in [6.45, 7) is 2.28. The lowest BCUT2D eigenvalue weighted by molar-refractivity contribution is -0.134. The summed E-state index contributed by atoms with van der Waals surface area (Å²) >= 11 is 1.74. The highest BCUT2D eigenvalue weighted by atomic mass is 32.2. The molecule has 1 saturated carbocycles. The molecular formula is C13H26N2OS. The van der Waals surface area contributed by atoms with Gasteiger partial charge in [0.1, 0.15) is 0 Å². The van der Waals surface area contributed by atoms with E-state index in [0.29, 0.717) is 6.04 Å². The van der Waals surface area contributed by atoms with Crippen LogP contribution >= 0.6 is 11.8 Å². The highest BCUT2D eigenvalue weighted by molar-refractivity contribution is 7.98. The summed E-state index contributed by atoms with van der Waals surface area (Å²) in [6.07, 6.45) is 7.65. The highest BCUT2D eigenvalue weighted by Crippen LogP contribution is 2.26. The van der Waals surface area contributed by atoms with Crippen LogP contribution in [-0.2, 0) is 4.79 Å². The monoisotopic (exact) mass is 258 g/mol. The van der Waals surface area contributed by atoms with Crippen molar-refractivity contribution < 1.29 is 4.79 Å². The van der Waals surface area contributed by atoms with E-state index in [-0.39, 0.29) is 11.9 Å². The standard InChI is InChI=1S/C13H26N2OS/c1-10-5-4-6-11(9-10)15(2)13(16)12(14)7-8-17-3/h10-12H,4-9,14H2,1-3H3/t10?,11?,12-/m0/s1. The van der Waals surface area contributed by atoms with Crippen LogP contribution in [0.3, 0.4) is 0 Å². The number of carbonyl (C=O) groups excluding carboxylic acids is 1. The van der Waals surface area contributed by atoms with Gasteiger partial charge in [0.15, 0.2) is 0 Å². The molecule has 2 unspecified atom stereocenters. The van der Waals surface area contributed by atoms with Gasteiger partial charge in [-0.3, -0.25) is 4.79 Å². The minimum Gasteiger partial charge on any atom is -0.341 e. The number of hydrogen-bond acceptors (Lipinski definition) is 3. The smallest absolute Gasteiger partial charge is 0.239 e. The number of hydrogen-bond donors (Lipinski definition) is 1. The third kappa shape index (κ3) is 4.51. The van der Waals surface area contributed by atoms with Crippen molar-refractivity contribution in [3.63, 3.8) is 0 Å². The van der Waals surface area contributed by atoms with Gasteiger partial charge in [-0.05, 0) is 37.2 Å². The Balaban J connectivity index is 2.44. The number of carbonyl (C=O) groups is 1. The van der Waals surface area contributed by atoms with Crippen LogP contribution in [0.1, 0.15) is 39.0 Å². The first kappa shape index (κ1) is 14.8. The van der Waals surface area contributed by atoms with Gasteiger partial charge in [0, 0.05) is 13.1 Å². The largest absolute Gasteiger partial charge is 0.341 e. The van der Waals surface area contributed by atoms with E-state index in [1.54, 1.807) is 11.8 Å². The van der Waals surface area contributed by atoms with Crippen LogP contribution in [0.15, 0.2) is 0 Å². The molecule has 3 nitrogen and oxygen atoms in total. The SMILES string of the molecule is CSCC[C@H](N)C(=O)N(C)C1CCCC(C)C1. The fourth-order valence-corrected chi connectivity index (χ4v) is 3.05. The fraction of sp³-hybridized carbons (Fsp3) is 0.923. The lowest BCUT2D eigenvalue weighted by Crippen LogP contribution is -2.48. The second-order valence-corrected chi connectivity index (χ2v) is 6.25. The average molecular weight is 258 g/mol. The normalized spacial score (nSPS) is 26.6. The van der Waals surface area contributed by atoms with Crippen molar-refractivity contribution in [1.82, 2.24) is 4.90 Å². The Morgan fingerprint density at radius 1 is 1.53 bits per heavy atom. The first-order chi connectivity index (χ1) is 8.06. The van der Waals surface area contributed by atoms with Gasteiger partial charge < -0.3 is 10.6 Å². The molecule has 1 aliphatic carbocycles. The molecule has 3 atom stereocenters. The van der Waals surface area contributed by atoms with Gasteiger partial charge in [-0.1, -0.05) is 19.8 Å². The first-order valence-electron chi connectivity index (χ1n) is 6.57. The van der Waals surface area contributed by atoms with Crippen molar-refractivity contribution in [1.29, 1.82) is 0 Å². The van der Waals surface area contributed by atoms with Crippen LogP contribution in [0, 0.1) is 5.92 Å². The lowest BCUT2D eigenvalue weighted by Gasteiger charge is -2.35. The number of thioether (sulfide) groups is 1. The average Bonchev–Trinajstić information content (AvgIpc) is 2.34. The summed E-state index contributed by atoms with van der Waals surface area (Å²) < 4.78 is 0. The summed E-state index contributed by atoms with van der Waals surface area (Å²) in [4.78, 5) is 14.0. The summed E-state index contributed by atoms with van der Waals surface area (Å²) in [5.41, 5.74) is 5.94. The molecule has 100 valence electrons. The molecule has 0 aromatic heterocycles. The molecule has 0 spiro atoms. The zero-order chi connectivity index (χ0) is 12.8. The van der Waals surface area contributed by atoms with Crippen molar-refractivity contribution in [2.45, 2.75) is 51.1 Å². The Hall–Kier alpha value is -0.220. The summed E-state index contributed by atoms with van der Waals surface area (Å²) in [5.74, 6) is 1.83. The van der Waals surface area contributed by atoms with Crippen LogP contribution in [0.2, 0.25) is 0 Å². The topological polar surface area (TPSA) is 46.3 Å². The maximum atomic E-state index is 12.1. The van der Waals surface area contributed by atoms with Gasteiger partial charge in [-0.25, -0.2) is 0 Å². The molecule has 1 aliphatic rings.